The molecule has 2 aromatic rings. The Labute approximate surface area is 111 Å². The van der Waals surface area contributed by atoms with Gasteiger partial charge in [-0.25, -0.2) is 4.98 Å². The number of hydrogen-bond donors (Lipinski definition) is 2. The second-order valence-electron chi connectivity index (χ2n) is 4.48. The summed E-state index contributed by atoms with van der Waals surface area (Å²) in [5.41, 5.74) is 1.79. The third kappa shape index (κ3) is 3.48. The number of carbonyl (C=O) groups is 1. The van der Waals surface area contributed by atoms with E-state index >= 15 is 0 Å². The van der Waals surface area contributed by atoms with Gasteiger partial charge in [0.15, 0.2) is 0 Å². The number of carbonyl (C=O) groups excluding carboxylic acids is 1. The van der Waals surface area contributed by atoms with Crippen molar-refractivity contribution in [3.05, 3.63) is 36.2 Å². The molecule has 0 aliphatic rings. The number of nitrogens with one attached hydrogen (secondary N) is 1. The summed E-state index contributed by atoms with van der Waals surface area (Å²) in [6.07, 6.45) is 2.89. The fourth-order valence-corrected chi connectivity index (χ4v) is 1.83. The van der Waals surface area contributed by atoms with Crippen LogP contribution in [0.5, 0.6) is 0 Å². The molecular formula is C14H17N3O2. The molecule has 5 nitrogen and oxygen atoms in total. The zero-order valence-corrected chi connectivity index (χ0v) is 10.8. The first-order valence-electron chi connectivity index (χ1n) is 6.34. The fourth-order valence-electron chi connectivity index (χ4n) is 1.83. The molecule has 0 spiro atoms. The molecule has 0 radical (unpaired) electrons. The maximum atomic E-state index is 12.0. The van der Waals surface area contributed by atoms with Gasteiger partial charge < -0.3 is 10.4 Å². The Morgan fingerprint density at radius 3 is 2.84 bits per heavy atom. The first kappa shape index (κ1) is 13.4. The van der Waals surface area contributed by atoms with Crippen LogP contribution < -0.4 is 5.32 Å². The van der Waals surface area contributed by atoms with Gasteiger partial charge in [0.2, 0.25) is 0 Å². The zero-order valence-electron chi connectivity index (χ0n) is 10.8. The average molecular weight is 259 g/mol. The van der Waals surface area contributed by atoms with Gasteiger partial charge in [-0.05, 0) is 31.9 Å². The number of amides is 1. The molecule has 19 heavy (non-hydrogen) atoms. The largest absolute Gasteiger partial charge is 0.396 e. The summed E-state index contributed by atoms with van der Waals surface area (Å²) in [4.78, 5) is 20.5. The number of nitrogens with zero attached hydrogens (tertiary/aromatic N) is 2. The monoisotopic (exact) mass is 259 g/mol. The van der Waals surface area contributed by atoms with E-state index in [1.54, 1.807) is 0 Å². The first-order chi connectivity index (χ1) is 9.20. The van der Waals surface area contributed by atoms with Crippen molar-refractivity contribution in [1.82, 2.24) is 15.3 Å². The van der Waals surface area contributed by atoms with Gasteiger partial charge in [0, 0.05) is 12.6 Å². The highest BCUT2D eigenvalue weighted by Crippen LogP contribution is 2.08. The molecule has 2 rings (SSSR count). The number of rotatable bonds is 5. The Hall–Kier alpha value is -2.01. The molecule has 1 amide bonds. The minimum Gasteiger partial charge on any atom is -0.396 e. The summed E-state index contributed by atoms with van der Waals surface area (Å²) in [7, 11) is 0. The Bertz CT molecular complexity index is 571. The molecule has 2 N–H and O–H groups in total. The van der Waals surface area contributed by atoms with Gasteiger partial charge in [-0.1, -0.05) is 12.1 Å². The van der Waals surface area contributed by atoms with Crippen molar-refractivity contribution in [1.29, 1.82) is 0 Å². The highest BCUT2D eigenvalue weighted by atomic mass is 16.3. The fraction of sp³-hybridized carbons (Fsp3) is 0.357. The second-order valence-corrected chi connectivity index (χ2v) is 4.48. The summed E-state index contributed by atoms with van der Waals surface area (Å²) in [5.74, 6) is -0.233. The van der Waals surface area contributed by atoms with Crippen molar-refractivity contribution >= 4 is 16.9 Å². The van der Waals surface area contributed by atoms with Crippen LogP contribution in [0.25, 0.3) is 11.0 Å². The van der Waals surface area contributed by atoms with Gasteiger partial charge >= 0.3 is 0 Å². The number of aliphatic hydroxyl groups is 1. The first-order valence-corrected chi connectivity index (χ1v) is 6.34. The van der Waals surface area contributed by atoms with Crippen molar-refractivity contribution in [3.63, 3.8) is 0 Å². The van der Waals surface area contributed by atoms with Crippen LogP contribution >= 0.6 is 0 Å². The summed E-state index contributed by atoms with van der Waals surface area (Å²) in [5, 5.41) is 11.6. The molecule has 0 saturated heterocycles. The van der Waals surface area contributed by atoms with Gasteiger partial charge in [0.05, 0.1) is 17.2 Å². The molecule has 5 heteroatoms. The third-order valence-electron chi connectivity index (χ3n) is 2.85. The summed E-state index contributed by atoms with van der Waals surface area (Å²) in [6, 6.07) is 7.44. The molecule has 1 aromatic carbocycles. The number of para-hydroxylation sites is 2. The van der Waals surface area contributed by atoms with Crippen molar-refractivity contribution < 1.29 is 9.90 Å². The molecule has 1 atom stereocenters. The van der Waals surface area contributed by atoms with Crippen molar-refractivity contribution in [2.24, 2.45) is 0 Å². The lowest BCUT2D eigenvalue weighted by Gasteiger charge is -2.12. The number of fused-ring (bicyclic) bond motifs is 1. The molecule has 0 aliphatic carbocycles. The summed E-state index contributed by atoms with van der Waals surface area (Å²) < 4.78 is 0. The molecule has 1 unspecified atom stereocenters. The van der Waals surface area contributed by atoms with Crippen molar-refractivity contribution in [2.45, 2.75) is 25.8 Å². The molecule has 0 aliphatic heterocycles. The van der Waals surface area contributed by atoms with E-state index in [0.717, 1.165) is 11.9 Å². The molecular weight excluding hydrogens is 242 g/mol. The van der Waals surface area contributed by atoms with E-state index in [0.29, 0.717) is 17.6 Å². The van der Waals surface area contributed by atoms with Crippen molar-refractivity contribution in [2.75, 3.05) is 6.61 Å². The Morgan fingerprint density at radius 1 is 1.37 bits per heavy atom. The number of benzene rings is 1. The zero-order chi connectivity index (χ0) is 13.7. The van der Waals surface area contributed by atoms with E-state index in [4.69, 9.17) is 5.11 Å². The van der Waals surface area contributed by atoms with Crippen LogP contribution in [0.4, 0.5) is 0 Å². The lowest BCUT2D eigenvalue weighted by molar-refractivity contribution is 0.0931. The van der Waals surface area contributed by atoms with Crippen molar-refractivity contribution in [3.8, 4) is 0 Å². The number of aliphatic hydroxyl groups excluding tert-OH is 1. The average Bonchev–Trinajstić information content (AvgIpc) is 2.44. The highest BCUT2D eigenvalue weighted by molar-refractivity contribution is 5.93. The summed E-state index contributed by atoms with van der Waals surface area (Å²) in [6.45, 7) is 2.04. The standard InChI is InChI=1S/C14H17N3O2/c1-10(5-4-8-18)16-14(19)13-9-15-11-6-2-3-7-12(11)17-13/h2-3,6-7,9-10,18H,4-5,8H2,1H3,(H,16,19). The van der Waals surface area contributed by atoms with Gasteiger partial charge in [0.1, 0.15) is 5.69 Å². The van der Waals surface area contributed by atoms with Crippen LogP contribution in [-0.4, -0.2) is 33.6 Å². The SMILES string of the molecule is CC(CCCO)NC(=O)c1cnc2ccccc2n1. The van der Waals surface area contributed by atoms with Crippen LogP contribution in [0.1, 0.15) is 30.3 Å². The molecule has 1 heterocycles. The van der Waals surface area contributed by atoms with Gasteiger partial charge in [-0.2, -0.15) is 0 Å². The minimum absolute atomic E-state index is 0.00733. The minimum atomic E-state index is -0.233. The van der Waals surface area contributed by atoms with Crippen LogP contribution in [0.3, 0.4) is 0 Å². The highest BCUT2D eigenvalue weighted by Gasteiger charge is 2.11. The topological polar surface area (TPSA) is 75.1 Å². The number of hydrogen-bond acceptors (Lipinski definition) is 4. The van der Waals surface area contributed by atoms with Gasteiger partial charge in [-0.3, -0.25) is 9.78 Å². The van der Waals surface area contributed by atoms with E-state index in [1.807, 2.05) is 31.2 Å². The Morgan fingerprint density at radius 2 is 2.11 bits per heavy atom. The lowest BCUT2D eigenvalue weighted by atomic mass is 10.2. The summed E-state index contributed by atoms with van der Waals surface area (Å²) >= 11 is 0. The maximum Gasteiger partial charge on any atom is 0.271 e. The molecule has 100 valence electrons. The molecule has 1 aromatic heterocycles. The van der Waals surface area contributed by atoms with E-state index in [9.17, 15) is 4.79 Å². The van der Waals surface area contributed by atoms with E-state index in [1.165, 1.54) is 6.20 Å². The maximum absolute atomic E-state index is 12.0. The Kier molecular flexibility index (Phi) is 4.41. The van der Waals surface area contributed by atoms with Gasteiger partial charge in [0.25, 0.3) is 5.91 Å². The van der Waals surface area contributed by atoms with E-state index in [-0.39, 0.29) is 18.6 Å². The van der Waals surface area contributed by atoms with E-state index < -0.39 is 0 Å². The quantitative estimate of drug-likeness (QED) is 0.853. The van der Waals surface area contributed by atoms with Crippen LogP contribution in [0.2, 0.25) is 0 Å². The normalized spacial score (nSPS) is 12.3. The lowest BCUT2D eigenvalue weighted by Crippen LogP contribution is -2.33. The predicted molar refractivity (Wildman–Crippen MR) is 72.8 cm³/mol. The van der Waals surface area contributed by atoms with Crippen LogP contribution in [0, 0.1) is 0 Å². The van der Waals surface area contributed by atoms with Gasteiger partial charge in [-0.15, -0.1) is 0 Å². The Balaban J connectivity index is 2.08. The molecule has 0 saturated carbocycles. The smallest absolute Gasteiger partial charge is 0.271 e. The van der Waals surface area contributed by atoms with Crippen LogP contribution in [-0.2, 0) is 0 Å². The number of aromatic nitrogens is 2. The predicted octanol–water partition coefficient (Wildman–Crippen LogP) is 1.52. The van der Waals surface area contributed by atoms with Crippen LogP contribution in [0.15, 0.2) is 30.5 Å². The molecule has 0 bridgehead atoms. The third-order valence-corrected chi connectivity index (χ3v) is 2.85. The van der Waals surface area contributed by atoms with E-state index in [2.05, 4.69) is 15.3 Å². The molecule has 0 fully saturated rings. The second kappa shape index (κ2) is 6.24.